The van der Waals surface area contributed by atoms with Gasteiger partial charge in [0.05, 0.1) is 16.6 Å². The van der Waals surface area contributed by atoms with Crippen LogP contribution in [0, 0.1) is 21.7 Å². The summed E-state index contributed by atoms with van der Waals surface area (Å²) in [4.78, 5) is 19.7. The maximum Gasteiger partial charge on any atom is 0.328 e. The Bertz CT molecular complexity index is 485. The van der Waals surface area contributed by atoms with Gasteiger partial charge in [-0.15, -0.1) is 0 Å². The Morgan fingerprint density at radius 2 is 1.94 bits per heavy atom. The number of aliphatic carboxylic acids is 1. The molecule has 0 spiro atoms. The van der Waals surface area contributed by atoms with Gasteiger partial charge in [0, 0.05) is 6.08 Å². The van der Waals surface area contributed by atoms with Crippen LogP contribution in [0.4, 0.5) is 14.5 Å². The standard InChI is InChI=1S/C9H5F2NO4/c10-6-3-5(1-2-9(13)14)8(12(15)16)4-7(6)11/h1-4H,(H,13,14)/b2-1+. The second kappa shape index (κ2) is 4.47. The van der Waals surface area contributed by atoms with E-state index in [9.17, 15) is 23.7 Å². The van der Waals surface area contributed by atoms with Crippen LogP contribution in [0.15, 0.2) is 18.2 Å². The molecular formula is C9H5F2NO4. The maximum absolute atomic E-state index is 12.8. The zero-order chi connectivity index (χ0) is 12.3. The first-order chi connectivity index (χ1) is 7.41. The summed E-state index contributed by atoms with van der Waals surface area (Å²) in [5.41, 5.74) is -1.01. The van der Waals surface area contributed by atoms with Gasteiger partial charge in [-0.3, -0.25) is 10.1 Å². The van der Waals surface area contributed by atoms with Gasteiger partial charge < -0.3 is 5.11 Å². The molecule has 0 radical (unpaired) electrons. The SMILES string of the molecule is O=C(O)/C=C/c1cc(F)c(F)cc1[N+](=O)[O-]. The number of rotatable bonds is 3. The van der Waals surface area contributed by atoms with E-state index >= 15 is 0 Å². The van der Waals surface area contributed by atoms with Gasteiger partial charge in [-0.25, -0.2) is 13.6 Å². The molecule has 0 saturated heterocycles. The second-order valence-electron chi connectivity index (χ2n) is 2.75. The molecule has 0 aliphatic carbocycles. The van der Waals surface area contributed by atoms with Gasteiger partial charge in [0.1, 0.15) is 0 Å². The van der Waals surface area contributed by atoms with Crippen molar-refractivity contribution in [1.29, 1.82) is 0 Å². The molecule has 0 aliphatic rings. The third-order valence-corrected chi connectivity index (χ3v) is 1.67. The summed E-state index contributed by atoms with van der Waals surface area (Å²) >= 11 is 0. The number of nitrogens with zero attached hydrogens (tertiary/aromatic N) is 1. The normalized spacial score (nSPS) is 10.6. The number of hydrogen-bond acceptors (Lipinski definition) is 3. The quantitative estimate of drug-likeness (QED) is 0.488. The molecule has 84 valence electrons. The van der Waals surface area contributed by atoms with E-state index in [0.717, 1.165) is 6.08 Å². The summed E-state index contributed by atoms with van der Waals surface area (Å²) in [6.45, 7) is 0. The second-order valence-corrected chi connectivity index (χ2v) is 2.75. The van der Waals surface area contributed by atoms with Crippen LogP contribution in [-0.2, 0) is 4.79 Å². The Labute approximate surface area is 87.8 Å². The van der Waals surface area contributed by atoms with Gasteiger partial charge in [0.15, 0.2) is 11.6 Å². The molecule has 0 fully saturated rings. The average molecular weight is 229 g/mol. The van der Waals surface area contributed by atoms with Crippen molar-refractivity contribution >= 4 is 17.7 Å². The minimum atomic E-state index is -1.36. The molecule has 1 aromatic carbocycles. The highest BCUT2D eigenvalue weighted by atomic mass is 19.2. The molecule has 0 atom stereocenters. The van der Waals surface area contributed by atoms with Crippen LogP contribution in [0.5, 0.6) is 0 Å². The molecule has 16 heavy (non-hydrogen) atoms. The molecule has 0 saturated carbocycles. The molecule has 5 nitrogen and oxygen atoms in total. The summed E-state index contributed by atoms with van der Waals surface area (Å²) in [6, 6.07) is 0.962. The van der Waals surface area contributed by atoms with Crippen molar-refractivity contribution in [3.63, 3.8) is 0 Å². The third-order valence-electron chi connectivity index (χ3n) is 1.67. The summed E-state index contributed by atoms with van der Waals surface area (Å²) < 4.78 is 25.5. The maximum atomic E-state index is 12.8. The molecule has 0 bridgehead atoms. The van der Waals surface area contributed by atoms with Crippen LogP contribution in [-0.4, -0.2) is 16.0 Å². The lowest BCUT2D eigenvalue weighted by molar-refractivity contribution is -0.385. The van der Waals surface area contributed by atoms with Gasteiger partial charge in [-0.05, 0) is 12.1 Å². The largest absolute Gasteiger partial charge is 0.478 e. The molecule has 0 aliphatic heterocycles. The Balaban J connectivity index is 3.30. The van der Waals surface area contributed by atoms with Crippen LogP contribution < -0.4 is 0 Å². The first-order valence-corrected chi connectivity index (χ1v) is 3.96. The monoisotopic (exact) mass is 229 g/mol. The summed E-state index contributed by atoms with van der Waals surface area (Å²) in [5, 5.41) is 18.8. The molecule has 0 unspecified atom stereocenters. The number of nitro benzene ring substituents is 1. The van der Waals surface area contributed by atoms with Crippen LogP contribution in [0.25, 0.3) is 6.08 Å². The van der Waals surface area contributed by atoms with E-state index in [-0.39, 0.29) is 5.56 Å². The number of carbonyl (C=O) groups is 1. The number of halogens is 2. The number of carboxylic acids is 1. The topological polar surface area (TPSA) is 80.4 Å². The molecule has 1 rings (SSSR count). The molecule has 1 aromatic rings. The number of carboxylic acid groups (broad SMARTS) is 1. The minimum Gasteiger partial charge on any atom is -0.478 e. The van der Waals surface area contributed by atoms with Gasteiger partial charge in [0.2, 0.25) is 0 Å². The Morgan fingerprint density at radius 1 is 1.38 bits per heavy atom. The van der Waals surface area contributed by atoms with Crippen molar-refractivity contribution in [1.82, 2.24) is 0 Å². The average Bonchev–Trinajstić information content (AvgIpc) is 2.18. The lowest BCUT2D eigenvalue weighted by Crippen LogP contribution is -1.96. The predicted molar refractivity (Wildman–Crippen MR) is 49.7 cm³/mol. The first-order valence-electron chi connectivity index (χ1n) is 3.96. The van der Waals surface area contributed by atoms with Crippen LogP contribution in [0.1, 0.15) is 5.56 Å². The fraction of sp³-hybridized carbons (Fsp3) is 0. The first kappa shape index (κ1) is 11.8. The van der Waals surface area contributed by atoms with Crippen molar-refractivity contribution in [2.24, 2.45) is 0 Å². The molecule has 1 N–H and O–H groups in total. The van der Waals surface area contributed by atoms with Crippen molar-refractivity contribution in [3.05, 3.63) is 45.5 Å². The van der Waals surface area contributed by atoms with E-state index in [2.05, 4.69) is 0 Å². The fourth-order valence-corrected chi connectivity index (χ4v) is 1.00. The van der Waals surface area contributed by atoms with Crippen LogP contribution in [0.2, 0.25) is 0 Å². The highest BCUT2D eigenvalue weighted by molar-refractivity contribution is 5.86. The van der Waals surface area contributed by atoms with Gasteiger partial charge in [-0.2, -0.15) is 0 Å². The van der Waals surface area contributed by atoms with E-state index in [1.54, 1.807) is 0 Å². The van der Waals surface area contributed by atoms with Crippen molar-refractivity contribution < 1.29 is 23.6 Å². The van der Waals surface area contributed by atoms with Gasteiger partial charge in [-0.1, -0.05) is 0 Å². The smallest absolute Gasteiger partial charge is 0.328 e. The molecular weight excluding hydrogens is 224 g/mol. The van der Waals surface area contributed by atoms with E-state index in [0.29, 0.717) is 18.2 Å². The summed E-state index contributed by atoms with van der Waals surface area (Å²) in [7, 11) is 0. The summed E-state index contributed by atoms with van der Waals surface area (Å²) in [5.74, 6) is -3.99. The number of hydrogen-bond donors (Lipinski definition) is 1. The predicted octanol–water partition coefficient (Wildman–Crippen LogP) is 1.97. The van der Waals surface area contributed by atoms with Crippen LogP contribution >= 0.6 is 0 Å². The highest BCUT2D eigenvalue weighted by Gasteiger charge is 2.16. The van der Waals surface area contributed by atoms with Gasteiger partial charge in [0.25, 0.3) is 5.69 Å². The molecule has 0 amide bonds. The van der Waals surface area contributed by atoms with Crippen molar-refractivity contribution in [3.8, 4) is 0 Å². The molecule has 0 aromatic heterocycles. The van der Waals surface area contributed by atoms with E-state index in [1.165, 1.54) is 0 Å². The summed E-state index contributed by atoms with van der Waals surface area (Å²) in [6.07, 6.45) is 1.42. The zero-order valence-corrected chi connectivity index (χ0v) is 7.68. The van der Waals surface area contributed by atoms with E-state index < -0.39 is 28.2 Å². The number of nitro groups is 1. The fourth-order valence-electron chi connectivity index (χ4n) is 1.00. The van der Waals surface area contributed by atoms with E-state index in [1.807, 2.05) is 0 Å². The Morgan fingerprint density at radius 3 is 2.44 bits per heavy atom. The van der Waals surface area contributed by atoms with Crippen LogP contribution in [0.3, 0.4) is 0 Å². The van der Waals surface area contributed by atoms with Crippen molar-refractivity contribution in [2.45, 2.75) is 0 Å². The van der Waals surface area contributed by atoms with E-state index in [4.69, 9.17) is 5.11 Å². The molecule has 7 heteroatoms. The lowest BCUT2D eigenvalue weighted by atomic mass is 10.1. The van der Waals surface area contributed by atoms with Crippen molar-refractivity contribution in [2.75, 3.05) is 0 Å². The minimum absolute atomic E-state index is 0.314. The Hall–Kier alpha value is -2.31. The highest BCUT2D eigenvalue weighted by Crippen LogP contribution is 2.23. The van der Waals surface area contributed by atoms with Gasteiger partial charge >= 0.3 is 5.97 Å². The molecule has 0 heterocycles. The Kier molecular flexibility index (Phi) is 3.29. The third kappa shape index (κ3) is 2.59. The lowest BCUT2D eigenvalue weighted by Gasteiger charge is -1.98. The zero-order valence-electron chi connectivity index (χ0n) is 7.68. The number of benzene rings is 1.